The van der Waals surface area contributed by atoms with Gasteiger partial charge >= 0.3 is 5.97 Å². The molecule has 1 heterocycles. The van der Waals surface area contributed by atoms with Crippen molar-refractivity contribution in [1.82, 2.24) is 5.01 Å². The summed E-state index contributed by atoms with van der Waals surface area (Å²) in [7, 11) is 3.06. The number of hydrogen-bond donors (Lipinski definition) is 1. The second-order valence-electron chi connectivity index (χ2n) is 6.84. The summed E-state index contributed by atoms with van der Waals surface area (Å²) in [6, 6.07) is 11.0. The van der Waals surface area contributed by atoms with Gasteiger partial charge in [0.1, 0.15) is 5.82 Å². The summed E-state index contributed by atoms with van der Waals surface area (Å²) in [5.41, 5.74) is 1.70. The Balaban J connectivity index is 1.92. The van der Waals surface area contributed by atoms with Crippen LogP contribution in [0.1, 0.15) is 42.9 Å². The second kappa shape index (κ2) is 9.39. The zero-order valence-corrected chi connectivity index (χ0v) is 16.8. The topological polar surface area (TPSA) is 88.4 Å². The van der Waals surface area contributed by atoms with Crippen LogP contribution in [0.5, 0.6) is 11.5 Å². The minimum Gasteiger partial charge on any atom is -0.493 e. The Bertz CT molecular complexity index is 976. The number of carboxylic acids is 1. The first kappa shape index (κ1) is 21.3. The van der Waals surface area contributed by atoms with Crippen LogP contribution in [-0.4, -0.2) is 41.9 Å². The van der Waals surface area contributed by atoms with Crippen molar-refractivity contribution in [1.29, 1.82) is 0 Å². The molecule has 0 bridgehead atoms. The van der Waals surface area contributed by atoms with Crippen molar-refractivity contribution in [2.24, 2.45) is 5.10 Å². The quantitative estimate of drug-likeness (QED) is 0.710. The van der Waals surface area contributed by atoms with Gasteiger partial charge in [0.05, 0.1) is 26.0 Å². The summed E-state index contributed by atoms with van der Waals surface area (Å²) < 4.78 is 25.1. The molecular formula is C22H23FN2O5. The van der Waals surface area contributed by atoms with Crippen LogP contribution in [0.15, 0.2) is 47.6 Å². The molecule has 1 N–H and O–H groups in total. The van der Waals surface area contributed by atoms with Gasteiger partial charge in [-0.05, 0) is 30.7 Å². The predicted octanol–water partition coefficient (Wildman–Crippen LogP) is 3.78. The number of carbonyl (C=O) groups is 2. The number of rotatable bonds is 8. The highest BCUT2D eigenvalue weighted by Crippen LogP contribution is 2.36. The van der Waals surface area contributed by atoms with Crippen LogP contribution in [0, 0.1) is 5.82 Å². The van der Waals surface area contributed by atoms with E-state index in [1.807, 2.05) is 0 Å². The Morgan fingerprint density at radius 2 is 1.87 bits per heavy atom. The number of benzene rings is 2. The lowest BCUT2D eigenvalue weighted by Gasteiger charge is -2.22. The van der Waals surface area contributed by atoms with Crippen molar-refractivity contribution in [2.45, 2.75) is 31.7 Å². The lowest BCUT2D eigenvalue weighted by Crippen LogP contribution is -2.27. The number of amides is 1. The molecule has 3 rings (SSSR count). The Morgan fingerprint density at radius 1 is 1.13 bits per heavy atom. The van der Waals surface area contributed by atoms with Crippen LogP contribution in [-0.2, 0) is 9.59 Å². The maximum atomic E-state index is 14.5. The van der Waals surface area contributed by atoms with E-state index in [1.165, 1.54) is 25.3 Å². The fourth-order valence-corrected chi connectivity index (χ4v) is 3.42. The molecule has 0 saturated carbocycles. The van der Waals surface area contributed by atoms with E-state index in [1.54, 1.807) is 36.4 Å². The first-order chi connectivity index (χ1) is 14.4. The SMILES string of the molecule is COc1ccc(C2=NN(C(=O)CCCC(=O)O)C(c3ccccc3F)C2)cc1OC. The van der Waals surface area contributed by atoms with Gasteiger partial charge in [0.15, 0.2) is 11.5 Å². The van der Waals surface area contributed by atoms with Crippen molar-refractivity contribution >= 4 is 17.6 Å². The van der Waals surface area contributed by atoms with E-state index in [9.17, 15) is 14.0 Å². The lowest BCUT2D eigenvalue weighted by atomic mass is 9.97. The highest BCUT2D eigenvalue weighted by molar-refractivity contribution is 6.03. The third-order valence-corrected chi connectivity index (χ3v) is 4.93. The maximum absolute atomic E-state index is 14.5. The van der Waals surface area contributed by atoms with Gasteiger partial charge in [-0.2, -0.15) is 5.10 Å². The third kappa shape index (κ3) is 4.59. The molecule has 0 spiro atoms. The summed E-state index contributed by atoms with van der Waals surface area (Å²) in [5.74, 6) is -0.655. The number of halogens is 1. The number of nitrogens with zero attached hydrogens (tertiary/aromatic N) is 2. The van der Waals surface area contributed by atoms with Crippen LogP contribution < -0.4 is 9.47 Å². The summed E-state index contributed by atoms with van der Waals surface area (Å²) in [5, 5.41) is 14.6. The number of aliphatic carboxylic acids is 1. The van der Waals surface area contributed by atoms with Crippen LogP contribution in [0.3, 0.4) is 0 Å². The molecule has 1 unspecified atom stereocenters. The number of carboxylic acid groups (broad SMARTS) is 1. The third-order valence-electron chi connectivity index (χ3n) is 4.93. The van der Waals surface area contributed by atoms with Crippen molar-refractivity contribution in [2.75, 3.05) is 14.2 Å². The molecule has 0 aliphatic carbocycles. The normalized spacial score (nSPS) is 15.6. The fourth-order valence-electron chi connectivity index (χ4n) is 3.42. The van der Waals surface area contributed by atoms with Gasteiger partial charge in [0.2, 0.25) is 5.91 Å². The van der Waals surface area contributed by atoms with Gasteiger partial charge in [-0.1, -0.05) is 18.2 Å². The van der Waals surface area contributed by atoms with Crippen LogP contribution in [0.25, 0.3) is 0 Å². The predicted molar refractivity (Wildman–Crippen MR) is 108 cm³/mol. The zero-order valence-electron chi connectivity index (χ0n) is 16.8. The van der Waals surface area contributed by atoms with E-state index in [-0.39, 0.29) is 25.2 Å². The Hall–Kier alpha value is -3.42. The summed E-state index contributed by atoms with van der Waals surface area (Å²) in [6.07, 6.45) is 0.410. The van der Waals surface area contributed by atoms with Crippen molar-refractivity contribution in [3.63, 3.8) is 0 Å². The summed E-state index contributed by atoms with van der Waals surface area (Å²) in [4.78, 5) is 23.5. The Morgan fingerprint density at radius 3 is 2.53 bits per heavy atom. The van der Waals surface area contributed by atoms with Gasteiger partial charge in [-0.3, -0.25) is 9.59 Å². The molecule has 0 saturated heterocycles. The van der Waals surface area contributed by atoms with Gasteiger partial charge in [0.25, 0.3) is 0 Å². The maximum Gasteiger partial charge on any atom is 0.303 e. The first-order valence-electron chi connectivity index (χ1n) is 9.52. The van der Waals surface area contributed by atoms with E-state index in [2.05, 4.69) is 5.10 Å². The molecule has 8 heteroatoms. The monoisotopic (exact) mass is 414 g/mol. The van der Waals surface area contributed by atoms with Gasteiger partial charge < -0.3 is 14.6 Å². The smallest absolute Gasteiger partial charge is 0.303 e. The molecule has 1 aliphatic heterocycles. The molecule has 2 aromatic rings. The molecule has 0 aromatic heterocycles. The first-order valence-corrected chi connectivity index (χ1v) is 9.52. The Kier molecular flexibility index (Phi) is 6.66. The fraction of sp³-hybridized carbons (Fsp3) is 0.318. The van der Waals surface area contributed by atoms with E-state index in [0.29, 0.717) is 29.2 Å². The van der Waals surface area contributed by atoms with E-state index >= 15 is 0 Å². The molecule has 158 valence electrons. The standard InChI is InChI=1S/C22H23FN2O5/c1-29-19-11-10-14(12-20(19)30-2)17-13-18(15-6-3-4-7-16(15)23)25(24-17)21(26)8-5-9-22(27)28/h3-4,6-7,10-12,18H,5,8-9,13H2,1-2H3,(H,27,28). The van der Waals surface area contributed by atoms with Gasteiger partial charge in [-0.25, -0.2) is 9.40 Å². The van der Waals surface area contributed by atoms with E-state index in [4.69, 9.17) is 14.6 Å². The van der Waals surface area contributed by atoms with Crippen LogP contribution in [0.4, 0.5) is 4.39 Å². The number of carbonyl (C=O) groups excluding carboxylic acids is 1. The molecule has 1 aliphatic rings. The minimum absolute atomic E-state index is 0.0139. The molecule has 7 nitrogen and oxygen atoms in total. The summed E-state index contributed by atoms with van der Waals surface area (Å²) >= 11 is 0. The average Bonchev–Trinajstić information content (AvgIpc) is 3.18. The molecule has 1 atom stereocenters. The zero-order chi connectivity index (χ0) is 21.7. The summed E-state index contributed by atoms with van der Waals surface area (Å²) in [6.45, 7) is 0. The largest absolute Gasteiger partial charge is 0.493 e. The molecule has 30 heavy (non-hydrogen) atoms. The number of hydrogen-bond acceptors (Lipinski definition) is 5. The van der Waals surface area contributed by atoms with Crippen LogP contribution in [0.2, 0.25) is 0 Å². The highest BCUT2D eigenvalue weighted by atomic mass is 19.1. The molecule has 1 amide bonds. The number of hydrazone groups is 1. The Labute approximate surface area is 173 Å². The van der Waals surface area contributed by atoms with Crippen molar-refractivity contribution < 1.29 is 28.6 Å². The van der Waals surface area contributed by atoms with Gasteiger partial charge in [-0.15, -0.1) is 0 Å². The lowest BCUT2D eigenvalue weighted by molar-refractivity contribution is -0.137. The molecule has 0 radical (unpaired) electrons. The number of methoxy groups -OCH3 is 2. The minimum atomic E-state index is -0.968. The second-order valence-corrected chi connectivity index (χ2v) is 6.84. The van der Waals surface area contributed by atoms with Crippen molar-refractivity contribution in [3.05, 3.63) is 59.4 Å². The van der Waals surface area contributed by atoms with Crippen LogP contribution >= 0.6 is 0 Å². The highest BCUT2D eigenvalue weighted by Gasteiger charge is 2.34. The molecular weight excluding hydrogens is 391 g/mol. The number of ether oxygens (including phenoxy) is 2. The molecule has 2 aromatic carbocycles. The van der Waals surface area contributed by atoms with E-state index < -0.39 is 17.8 Å². The van der Waals surface area contributed by atoms with Gasteiger partial charge in [0, 0.05) is 30.4 Å². The average molecular weight is 414 g/mol. The van der Waals surface area contributed by atoms with E-state index in [0.717, 1.165) is 5.56 Å². The molecule has 0 fully saturated rings. The van der Waals surface area contributed by atoms with Crippen molar-refractivity contribution in [3.8, 4) is 11.5 Å².